The second-order valence-corrected chi connectivity index (χ2v) is 9.00. The first-order valence-electron chi connectivity index (χ1n) is 12.0. The van der Waals surface area contributed by atoms with E-state index < -0.39 is 12.0 Å². The predicted octanol–water partition coefficient (Wildman–Crippen LogP) is 2.55. The van der Waals surface area contributed by atoms with Gasteiger partial charge in [0.05, 0.1) is 18.2 Å². The van der Waals surface area contributed by atoms with Crippen molar-refractivity contribution in [3.63, 3.8) is 0 Å². The molecule has 0 unspecified atom stereocenters. The molecule has 2 aliphatic rings. The van der Waals surface area contributed by atoms with Crippen LogP contribution in [-0.2, 0) is 9.53 Å². The number of amides is 4. The van der Waals surface area contributed by atoms with Gasteiger partial charge in [-0.3, -0.25) is 9.80 Å². The van der Waals surface area contributed by atoms with Crippen LogP contribution in [0.4, 0.5) is 9.59 Å². The van der Waals surface area contributed by atoms with Gasteiger partial charge >= 0.3 is 18.0 Å². The van der Waals surface area contributed by atoms with E-state index in [9.17, 15) is 14.4 Å². The fourth-order valence-electron chi connectivity index (χ4n) is 4.65. The molecule has 1 fully saturated rings. The summed E-state index contributed by atoms with van der Waals surface area (Å²) in [6.07, 6.45) is 0. The van der Waals surface area contributed by atoms with Crippen LogP contribution in [0.3, 0.4) is 0 Å². The molecule has 2 atom stereocenters. The molecule has 9 nitrogen and oxygen atoms in total. The summed E-state index contributed by atoms with van der Waals surface area (Å²) < 4.78 is 5.45. The molecule has 2 aliphatic heterocycles. The Kier molecular flexibility index (Phi) is 8.19. The minimum Gasteiger partial charge on any atom is -0.463 e. The van der Waals surface area contributed by atoms with Crippen LogP contribution in [-0.4, -0.2) is 85.2 Å². The number of ether oxygens (including phenoxy) is 1. The van der Waals surface area contributed by atoms with E-state index in [0.29, 0.717) is 44.0 Å². The van der Waals surface area contributed by atoms with Gasteiger partial charge in [0, 0.05) is 51.5 Å². The molecule has 2 heterocycles. The van der Waals surface area contributed by atoms with Crippen LogP contribution in [0.15, 0.2) is 29.5 Å². The van der Waals surface area contributed by atoms with Crippen LogP contribution in [0.2, 0.25) is 0 Å². The lowest BCUT2D eigenvalue weighted by atomic mass is 9.90. The zero-order chi connectivity index (χ0) is 25.0. The Labute approximate surface area is 202 Å². The highest BCUT2D eigenvalue weighted by atomic mass is 16.5. The van der Waals surface area contributed by atoms with E-state index in [1.807, 2.05) is 50.8 Å². The molecule has 1 aromatic rings. The Morgan fingerprint density at radius 2 is 1.94 bits per heavy atom. The molecule has 4 amide bonds. The minimum absolute atomic E-state index is 0.00415. The zero-order valence-corrected chi connectivity index (χ0v) is 21.1. The molecule has 0 saturated carbocycles. The van der Waals surface area contributed by atoms with Crippen LogP contribution >= 0.6 is 0 Å². The molecule has 2 N–H and O–H groups in total. The second kappa shape index (κ2) is 10.9. The molecule has 0 aliphatic carbocycles. The summed E-state index contributed by atoms with van der Waals surface area (Å²) in [4.78, 5) is 44.1. The van der Waals surface area contributed by atoms with E-state index in [4.69, 9.17) is 4.74 Å². The van der Waals surface area contributed by atoms with E-state index in [-0.39, 0.29) is 24.7 Å². The fourth-order valence-corrected chi connectivity index (χ4v) is 4.65. The topological polar surface area (TPSA) is 94.2 Å². The Hall–Kier alpha value is -3.07. The van der Waals surface area contributed by atoms with E-state index in [1.165, 1.54) is 4.90 Å². The SMILES string of the molecule is CCNC(=O)N1CCN(CC2=C(C(=O)OCC)[C@@H](c3cc(C)ccc3C)NC(=O)N2C)C[C@@H]1C. The number of carbonyl (C=O) groups is 3. The lowest BCUT2D eigenvalue weighted by Crippen LogP contribution is -2.57. The standard InChI is InChI=1S/C25H37N5O4/c1-7-26-24(32)30-12-11-29(14-18(30)5)15-20-21(23(31)34-8-2)22(27-25(33)28(20)6)19-13-16(3)9-10-17(19)4/h9-10,13,18,22H,7-8,11-12,14-15H2,1-6H3,(H,26,32)(H,27,33)/t18-,22+/m0/s1. The van der Waals surface area contributed by atoms with E-state index in [2.05, 4.69) is 15.5 Å². The van der Waals surface area contributed by atoms with Gasteiger partial charge in [-0.1, -0.05) is 23.8 Å². The highest BCUT2D eigenvalue weighted by Crippen LogP contribution is 2.33. The number of nitrogens with one attached hydrogen (secondary N) is 2. The summed E-state index contributed by atoms with van der Waals surface area (Å²) in [5.74, 6) is -0.427. The predicted molar refractivity (Wildman–Crippen MR) is 130 cm³/mol. The van der Waals surface area contributed by atoms with Gasteiger partial charge in [0.15, 0.2) is 0 Å². The number of likely N-dealkylation sites (N-methyl/N-ethyl adjacent to an activating group) is 1. The third-order valence-electron chi connectivity index (χ3n) is 6.49. The maximum absolute atomic E-state index is 13.2. The number of piperazine rings is 1. The van der Waals surface area contributed by atoms with Gasteiger partial charge < -0.3 is 20.3 Å². The van der Waals surface area contributed by atoms with Crippen molar-refractivity contribution in [2.75, 3.05) is 46.4 Å². The number of benzene rings is 1. The number of esters is 1. The molecule has 1 saturated heterocycles. The van der Waals surface area contributed by atoms with Crippen molar-refractivity contribution in [3.05, 3.63) is 46.2 Å². The molecule has 9 heteroatoms. The highest BCUT2D eigenvalue weighted by Gasteiger charge is 2.39. The van der Waals surface area contributed by atoms with Gasteiger partial charge in [-0.25, -0.2) is 14.4 Å². The van der Waals surface area contributed by atoms with Crippen LogP contribution in [0.5, 0.6) is 0 Å². The number of carbonyl (C=O) groups excluding carboxylic acids is 3. The van der Waals surface area contributed by atoms with Crippen molar-refractivity contribution in [1.82, 2.24) is 25.3 Å². The summed E-state index contributed by atoms with van der Waals surface area (Å²) in [5.41, 5.74) is 4.01. The van der Waals surface area contributed by atoms with Crippen molar-refractivity contribution >= 4 is 18.0 Å². The minimum atomic E-state index is -0.591. The Morgan fingerprint density at radius 1 is 1.21 bits per heavy atom. The van der Waals surface area contributed by atoms with E-state index in [0.717, 1.165) is 16.7 Å². The molecule has 3 rings (SSSR count). The molecule has 0 bridgehead atoms. The molecule has 0 spiro atoms. The lowest BCUT2D eigenvalue weighted by molar-refractivity contribution is -0.139. The molecule has 0 radical (unpaired) electrons. The van der Waals surface area contributed by atoms with Crippen LogP contribution < -0.4 is 10.6 Å². The number of rotatable bonds is 6. The lowest BCUT2D eigenvalue weighted by Gasteiger charge is -2.42. The average Bonchev–Trinajstić information content (AvgIpc) is 2.78. The first-order valence-corrected chi connectivity index (χ1v) is 12.0. The first kappa shape index (κ1) is 25.6. The van der Waals surface area contributed by atoms with Crippen molar-refractivity contribution in [3.8, 4) is 0 Å². The molecular formula is C25H37N5O4. The molecule has 1 aromatic carbocycles. The van der Waals surface area contributed by atoms with E-state index in [1.54, 1.807) is 14.0 Å². The highest BCUT2D eigenvalue weighted by molar-refractivity contribution is 5.95. The van der Waals surface area contributed by atoms with Crippen LogP contribution in [0, 0.1) is 13.8 Å². The Morgan fingerprint density at radius 3 is 2.59 bits per heavy atom. The van der Waals surface area contributed by atoms with Crippen molar-refractivity contribution in [2.24, 2.45) is 0 Å². The van der Waals surface area contributed by atoms with Gasteiger partial charge in [0.1, 0.15) is 0 Å². The normalized spacial score (nSPS) is 21.4. The third kappa shape index (κ3) is 5.35. The third-order valence-corrected chi connectivity index (χ3v) is 6.49. The van der Waals surface area contributed by atoms with Crippen molar-refractivity contribution in [1.29, 1.82) is 0 Å². The Bertz CT molecular complexity index is 976. The quantitative estimate of drug-likeness (QED) is 0.622. The van der Waals surface area contributed by atoms with Crippen LogP contribution in [0.25, 0.3) is 0 Å². The van der Waals surface area contributed by atoms with E-state index >= 15 is 0 Å². The molecule has 0 aromatic heterocycles. The summed E-state index contributed by atoms with van der Waals surface area (Å²) >= 11 is 0. The first-order chi connectivity index (χ1) is 16.2. The summed E-state index contributed by atoms with van der Waals surface area (Å²) in [6, 6.07) is 5.11. The maximum atomic E-state index is 13.2. The molecular weight excluding hydrogens is 434 g/mol. The number of nitrogens with zero attached hydrogens (tertiary/aromatic N) is 3. The summed E-state index contributed by atoms with van der Waals surface area (Å²) in [6.45, 7) is 12.8. The average molecular weight is 472 g/mol. The molecule has 186 valence electrons. The fraction of sp³-hybridized carbons (Fsp3) is 0.560. The van der Waals surface area contributed by atoms with Gasteiger partial charge in [0.25, 0.3) is 0 Å². The number of urea groups is 2. The van der Waals surface area contributed by atoms with Gasteiger partial charge in [0.2, 0.25) is 0 Å². The number of hydrogen-bond donors (Lipinski definition) is 2. The zero-order valence-electron chi connectivity index (χ0n) is 21.1. The smallest absolute Gasteiger partial charge is 0.338 e. The van der Waals surface area contributed by atoms with Gasteiger partial charge in [-0.2, -0.15) is 0 Å². The van der Waals surface area contributed by atoms with Crippen LogP contribution in [0.1, 0.15) is 43.5 Å². The summed E-state index contributed by atoms with van der Waals surface area (Å²) in [7, 11) is 1.68. The molecule has 34 heavy (non-hydrogen) atoms. The number of hydrogen-bond acceptors (Lipinski definition) is 5. The van der Waals surface area contributed by atoms with Gasteiger partial charge in [-0.05, 0) is 45.7 Å². The maximum Gasteiger partial charge on any atom is 0.338 e. The Balaban J connectivity index is 1.97. The summed E-state index contributed by atoms with van der Waals surface area (Å²) in [5, 5.41) is 5.86. The van der Waals surface area contributed by atoms with Gasteiger partial charge in [-0.15, -0.1) is 0 Å². The second-order valence-electron chi connectivity index (χ2n) is 9.00. The monoisotopic (exact) mass is 471 g/mol. The number of aryl methyl sites for hydroxylation is 2. The van der Waals surface area contributed by atoms with Crippen molar-refractivity contribution in [2.45, 2.75) is 46.7 Å². The largest absolute Gasteiger partial charge is 0.463 e. The van der Waals surface area contributed by atoms with Crippen molar-refractivity contribution < 1.29 is 19.1 Å².